The number of hydrogen-bond acceptors (Lipinski definition) is 3. The highest BCUT2D eigenvalue weighted by molar-refractivity contribution is 9.10. The summed E-state index contributed by atoms with van der Waals surface area (Å²) in [5.74, 6) is 0.122. The van der Waals surface area contributed by atoms with E-state index in [4.69, 9.17) is 5.11 Å². The van der Waals surface area contributed by atoms with Gasteiger partial charge in [-0.1, -0.05) is 6.07 Å². The van der Waals surface area contributed by atoms with Crippen LogP contribution in [0, 0.1) is 0 Å². The number of aliphatic hydroxyl groups is 1. The molecule has 1 aromatic rings. The third-order valence-electron chi connectivity index (χ3n) is 3.69. The topological polar surface area (TPSA) is 43.8 Å². The van der Waals surface area contributed by atoms with Gasteiger partial charge in [0.2, 0.25) is 5.91 Å². The maximum Gasteiger partial charge on any atom is 0.247 e. The number of hydrogen-bond donors (Lipinski definition) is 1. The van der Waals surface area contributed by atoms with E-state index in [1.807, 2.05) is 39.1 Å². The molecule has 5 heteroatoms. The Morgan fingerprint density at radius 3 is 2.63 bits per heavy atom. The van der Waals surface area contributed by atoms with Crippen LogP contribution in [0.1, 0.15) is 19.4 Å². The fraction of sp³-hybridized carbons (Fsp3) is 0.500. The molecule has 1 aromatic carbocycles. The lowest BCUT2D eigenvalue weighted by Crippen LogP contribution is -2.62. The van der Waals surface area contributed by atoms with Crippen molar-refractivity contribution in [3.05, 3.63) is 28.2 Å². The van der Waals surface area contributed by atoms with Crippen molar-refractivity contribution in [2.75, 3.05) is 25.0 Å². The molecule has 1 amide bonds. The molecule has 1 aliphatic heterocycles. The number of rotatable bonds is 2. The van der Waals surface area contributed by atoms with Gasteiger partial charge in [0.05, 0.1) is 12.3 Å². The van der Waals surface area contributed by atoms with Crippen molar-refractivity contribution in [3.8, 4) is 0 Å². The molecule has 0 radical (unpaired) electrons. The molecule has 0 aromatic heterocycles. The Hall–Kier alpha value is -1.07. The number of aliphatic hydroxyl groups excluding tert-OH is 1. The van der Waals surface area contributed by atoms with E-state index in [0.717, 1.165) is 28.8 Å². The molecule has 0 spiro atoms. The summed E-state index contributed by atoms with van der Waals surface area (Å²) in [6, 6.07) is 5.74. The molecule has 104 valence electrons. The summed E-state index contributed by atoms with van der Waals surface area (Å²) >= 11 is 3.53. The van der Waals surface area contributed by atoms with E-state index >= 15 is 0 Å². The summed E-state index contributed by atoms with van der Waals surface area (Å²) in [6.45, 7) is 5.42. The Morgan fingerprint density at radius 1 is 1.37 bits per heavy atom. The van der Waals surface area contributed by atoms with Crippen LogP contribution in [-0.4, -0.2) is 41.6 Å². The lowest BCUT2D eigenvalue weighted by molar-refractivity contribution is -0.136. The molecule has 1 heterocycles. The van der Waals surface area contributed by atoms with Crippen LogP contribution in [-0.2, 0) is 11.4 Å². The number of nitrogens with zero attached hydrogens (tertiary/aromatic N) is 2. The van der Waals surface area contributed by atoms with Gasteiger partial charge >= 0.3 is 0 Å². The quantitative estimate of drug-likeness (QED) is 0.904. The van der Waals surface area contributed by atoms with E-state index in [-0.39, 0.29) is 12.5 Å². The SMILES string of the molecule is CN1CCN(c2ccc(CO)cc2Br)C(C)(C)C1=O. The van der Waals surface area contributed by atoms with Crippen LogP contribution >= 0.6 is 15.9 Å². The lowest BCUT2D eigenvalue weighted by atomic mass is 9.96. The van der Waals surface area contributed by atoms with Crippen molar-refractivity contribution in [1.82, 2.24) is 4.90 Å². The monoisotopic (exact) mass is 326 g/mol. The van der Waals surface area contributed by atoms with Gasteiger partial charge in [-0.15, -0.1) is 0 Å². The van der Waals surface area contributed by atoms with Gasteiger partial charge in [0.1, 0.15) is 5.54 Å². The Labute approximate surface area is 122 Å². The summed E-state index contributed by atoms with van der Waals surface area (Å²) in [5.41, 5.74) is 1.29. The first-order valence-corrected chi connectivity index (χ1v) is 7.09. The second-order valence-corrected chi connectivity index (χ2v) is 6.24. The van der Waals surface area contributed by atoms with Gasteiger partial charge < -0.3 is 14.9 Å². The minimum Gasteiger partial charge on any atom is -0.392 e. The predicted octanol–water partition coefficient (Wildman–Crippen LogP) is 2.00. The highest BCUT2D eigenvalue weighted by atomic mass is 79.9. The largest absolute Gasteiger partial charge is 0.392 e. The van der Waals surface area contributed by atoms with Crippen molar-refractivity contribution in [1.29, 1.82) is 0 Å². The van der Waals surface area contributed by atoms with E-state index in [1.54, 1.807) is 4.90 Å². The smallest absolute Gasteiger partial charge is 0.247 e. The number of halogens is 1. The zero-order valence-corrected chi connectivity index (χ0v) is 13.1. The maximum absolute atomic E-state index is 12.3. The molecule has 1 N–H and O–H groups in total. The van der Waals surface area contributed by atoms with E-state index in [2.05, 4.69) is 20.8 Å². The van der Waals surface area contributed by atoms with Crippen LogP contribution in [0.2, 0.25) is 0 Å². The molecule has 0 saturated carbocycles. The van der Waals surface area contributed by atoms with Crippen molar-refractivity contribution < 1.29 is 9.90 Å². The van der Waals surface area contributed by atoms with Gasteiger partial charge in [-0.05, 0) is 47.5 Å². The molecular formula is C14H19BrN2O2. The van der Waals surface area contributed by atoms with Gasteiger partial charge in [0.15, 0.2) is 0 Å². The van der Waals surface area contributed by atoms with Gasteiger partial charge in [-0.3, -0.25) is 4.79 Å². The summed E-state index contributed by atoms with van der Waals surface area (Å²) < 4.78 is 0.907. The molecular weight excluding hydrogens is 308 g/mol. The highest BCUT2D eigenvalue weighted by Crippen LogP contribution is 2.34. The zero-order valence-electron chi connectivity index (χ0n) is 11.5. The fourth-order valence-electron chi connectivity index (χ4n) is 2.50. The Bertz CT molecular complexity index is 502. The minimum atomic E-state index is -0.559. The number of likely N-dealkylation sites (N-methyl/N-ethyl adjacent to an activating group) is 1. The van der Waals surface area contributed by atoms with Crippen LogP contribution in [0.4, 0.5) is 5.69 Å². The molecule has 2 rings (SSSR count). The number of carbonyl (C=O) groups is 1. The van der Waals surface area contributed by atoms with Gasteiger partial charge in [-0.2, -0.15) is 0 Å². The first kappa shape index (κ1) is 14.3. The van der Waals surface area contributed by atoms with Crippen molar-refractivity contribution in [2.45, 2.75) is 26.0 Å². The molecule has 1 fully saturated rings. The van der Waals surface area contributed by atoms with Crippen molar-refractivity contribution in [2.24, 2.45) is 0 Å². The van der Waals surface area contributed by atoms with Gasteiger partial charge in [0, 0.05) is 24.6 Å². The number of benzene rings is 1. The summed E-state index contributed by atoms with van der Waals surface area (Å²) in [5, 5.41) is 9.15. The lowest BCUT2D eigenvalue weighted by Gasteiger charge is -2.46. The Balaban J connectivity index is 2.38. The van der Waals surface area contributed by atoms with E-state index < -0.39 is 5.54 Å². The number of amides is 1. The average molecular weight is 327 g/mol. The van der Waals surface area contributed by atoms with E-state index in [9.17, 15) is 4.79 Å². The van der Waals surface area contributed by atoms with Crippen molar-refractivity contribution >= 4 is 27.5 Å². The normalized spacial score (nSPS) is 18.9. The second-order valence-electron chi connectivity index (χ2n) is 5.38. The van der Waals surface area contributed by atoms with Gasteiger partial charge in [-0.25, -0.2) is 0 Å². The number of anilines is 1. The third kappa shape index (κ3) is 2.49. The van der Waals surface area contributed by atoms with Crippen LogP contribution in [0.15, 0.2) is 22.7 Å². The predicted molar refractivity (Wildman–Crippen MR) is 79.1 cm³/mol. The molecule has 1 saturated heterocycles. The average Bonchev–Trinajstić information content (AvgIpc) is 2.37. The zero-order chi connectivity index (χ0) is 14.2. The van der Waals surface area contributed by atoms with E-state index in [0.29, 0.717) is 0 Å². The Morgan fingerprint density at radius 2 is 2.05 bits per heavy atom. The van der Waals surface area contributed by atoms with Crippen LogP contribution in [0.5, 0.6) is 0 Å². The maximum atomic E-state index is 12.3. The molecule has 0 atom stereocenters. The molecule has 0 aliphatic carbocycles. The first-order chi connectivity index (χ1) is 8.87. The molecule has 19 heavy (non-hydrogen) atoms. The molecule has 1 aliphatic rings. The fourth-order valence-corrected chi connectivity index (χ4v) is 3.14. The number of carbonyl (C=O) groups excluding carboxylic acids is 1. The standard InChI is InChI=1S/C14H19BrN2O2/c1-14(2)13(19)16(3)6-7-17(14)12-5-4-10(9-18)8-11(12)15/h4-5,8,18H,6-7,9H2,1-3H3. The second kappa shape index (κ2) is 5.13. The first-order valence-electron chi connectivity index (χ1n) is 6.30. The summed E-state index contributed by atoms with van der Waals surface area (Å²) in [6.07, 6.45) is 0. The summed E-state index contributed by atoms with van der Waals surface area (Å²) in [7, 11) is 1.84. The van der Waals surface area contributed by atoms with Crippen molar-refractivity contribution in [3.63, 3.8) is 0 Å². The van der Waals surface area contributed by atoms with Gasteiger partial charge in [0.25, 0.3) is 0 Å². The van der Waals surface area contributed by atoms with Crippen LogP contribution in [0.3, 0.4) is 0 Å². The van der Waals surface area contributed by atoms with E-state index in [1.165, 1.54) is 0 Å². The number of piperazine rings is 1. The van der Waals surface area contributed by atoms with Crippen LogP contribution < -0.4 is 4.90 Å². The molecule has 0 bridgehead atoms. The molecule has 4 nitrogen and oxygen atoms in total. The van der Waals surface area contributed by atoms with Crippen LogP contribution in [0.25, 0.3) is 0 Å². The Kier molecular flexibility index (Phi) is 3.87. The minimum absolute atomic E-state index is 0.0178. The highest BCUT2D eigenvalue weighted by Gasteiger charge is 2.41. The third-order valence-corrected chi connectivity index (χ3v) is 4.32. The summed E-state index contributed by atoms with van der Waals surface area (Å²) in [4.78, 5) is 16.2. The molecule has 0 unspecified atom stereocenters.